The molecular formula is C86H115N23O14S3. The fourth-order valence-electron chi connectivity index (χ4n) is 14.5. The largest absolute Gasteiger partial charge is 0.394 e. The number of amides is 13. The van der Waals surface area contributed by atoms with Crippen molar-refractivity contribution in [1.29, 1.82) is 5.41 Å². The number of aliphatic hydroxyl groups excluding tert-OH is 1. The molecule has 5 heterocycles. The number of hydrogen-bond acceptors (Lipinski definition) is 20. The fraction of sp³-hybridized carbons (Fsp3) is 0.430. The number of para-hydroxylation sites is 4. The van der Waals surface area contributed by atoms with Crippen LogP contribution in [-0.2, 0) is 94.4 Å². The van der Waals surface area contributed by atoms with Crippen LogP contribution in [0.4, 0.5) is 0 Å². The van der Waals surface area contributed by atoms with Crippen LogP contribution in [0.1, 0.15) is 94.2 Å². The normalized spacial score (nSPS) is 14.7. The van der Waals surface area contributed by atoms with E-state index < -0.39 is 180 Å². The minimum atomic E-state index is -1.78. The van der Waals surface area contributed by atoms with E-state index in [0.29, 0.717) is 56.4 Å². The molecule has 13 amide bonds. The third kappa shape index (κ3) is 27.6. The van der Waals surface area contributed by atoms with Crippen molar-refractivity contribution < 1.29 is 67.4 Å². The van der Waals surface area contributed by atoms with Crippen LogP contribution < -0.4 is 86.3 Å². The van der Waals surface area contributed by atoms with Gasteiger partial charge < -0.3 is 116 Å². The molecule has 0 saturated carbocycles. The van der Waals surface area contributed by atoms with Crippen molar-refractivity contribution in [1.82, 2.24) is 99.0 Å². The predicted molar refractivity (Wildman–Crippen MR) is 487 cm³/mol. The SMILES string of the molecule is CC[C@H](C)[C@H](NC(=O)[C@H](CCCNC(=N)N)NC(=O)[C@H](Cc1c[nH]c2ccccc12)NC(=O)[C@@H](NC(=O)[C@H](Cc1c[nH]cn1)NC(=O)[C@H](Cc1c[nH]c2ccccc12)NC(=O)[C@@H](N)Cc1c[nH]c2ccccc12)[C@@H](C)CC)C(=O)N[C@@H](CO)C(=O)N[C@@H](CCSC)C(=O)N[C@@H](Cc1c[nH]c2ccccc12)C(=O)N[C@@H](CCSC)C(=O)N[C@@H](CS)C(=O)NCC(N)=O. The van der Waals surface area contributed by atoms with Gasteiger partial charge >= 0.3 is 0 Å². The topological polar surface area (TPSA) is 592 Å². The summed E-state index contributed by atoms with van der Waals surface area (Å²) in [6.07, 6.45) is 13.2. The van der Waals surface area contributed by atoms with Crippen LogP contribution >= 0.6 is 36.2 Å². The Labute approximate surface area is 741 Å². The summed E-state index contributed by atoms with van der Waals surface area (Å²) >= 11 is 6.91. The lowest BCUT2D eigenvalue weighted by atomic mass is 9.96. The molecule has 26 N–H and O–H groups in total. The number of nitrogens with two attached hydrogens (primary N) is 3. The van der Waals surface area contributed by atoms with Crippen molar-refractivity contribution >= 4 is 163 Å². The number of primary amides is 1. The summed E-state index contributed by atoms with van der Waals surface area (Å²) in [4.78, 5) is 208. The van der Waals surface area contributed by atoms with E-state index in [1.165, 1.54) is 36.0 Å². The van der Waals surface area contributed by atoms with Gasteiger partial charge in [-0.25, -0.2) is 4.98 Å². The number of imidazole rings is 1. The summed E-state index contributed by atoms with van der Waals surface area (Å²) in [5.41, 5.74) is 23.5. The second-order valence-corrected chi connectivity index (χ2v) is 33.4. The molecule has 9 rings (SSSR count). The molecule has 126 heavy (non-hydrogen) atoms. The number of nitrogens with zero attached hydrogens (tertiary/aromatic N) is 1. The summed E-state index contributed by atoms with van der Waals surface area (Å²) in [7, 11) is 0. The number of rotatable bonds is 51. The smallest absolute Gasteiger partial charge is 0.245 e. The number of aliphatic hydroxyl groups is 1. The maximum Gasteiger partial charge on any atom is 0.245 e. The Balaban J connectivity index is 0.935. The maximum atomic E-state index is 15.4. The van der Waals surface area contributed by atoms with Gasteiger partial charge in [-0.1, -0.05) is 113 Å². The number of thiol groups is 1. The first-order valence-electron chi connectivity index (χ1n) is 41.7. The van der Waals surface area contributed by atoms with E-state index in [9.17, 15) is 43.5 Å². The summed E-state index contributed by atoms with van der Waals surface area (Å²) in [6, 6.07) is 12.4. The Hall–Kier alpha value is -12.4. The third-order valence-electron chi connectivity index (χ3n) is 22.0. The minimum Gasteiger partial charge on any atom is -0.394 e. The first-order chi connectivity index (χ1) is 60.5. The molecule has 0 saturated heterocycles. The number of aromatic amines is 5. The molecule has 4 aromatic carbocycles. The first kappa shape index (κ1) is 97.4. The quantitative estimate of drug-likeness (QED) is 0.0109. The number of aromatic nitrogens is 6. The van der Waals surface area contributed by atoms with Gasteiger partial charge in [0.2, 0.25) is 76.8 Å². The Morgan fingerprint density at radius 1 is 0.429 bits per heavy atom. The second-order valence-electron chi connectivity index (χ2n) is 31.0. The van der Waals surface area contributed by atoms with Crippen LogP contribution in [0.2, 0.25) is 0 Å². The van der Waals surface area contributed by atoms with Gasteiger partial charge in [0.1, 0.15) is 66.5 Å². The average Bonchev–Trinajstić information content (AvgIpc) is 1.64. The Bertz CT molecular complexity index is 5250. The van der Waals surface area contributed by atoms with Crippen molar-refractivity contribution in [2.45, 2.75) is 171 Å². The molecule has 40 heteroatoms. The Morgan fingerprint density at radius 2 is 0.770 bits per heavy atom. The molecule has 676 valence electrons. The molecule has 14 atom stereocenters. The number of nitrogens with one attached hydrogen (secondary N) is 19. The van der Waals surface area contributed by atoms with Crippen LogP contribution in [0.3, 0.4) is 0 Å². The molecule has 5 aromatic heterocycles. The van der Waals surface area contributed by atoms with E-state index in [-0.39, 0.29) is 82.3 Å². The van der Waals surface area contributed by atoms with Gasteiger partial charge in [0.25, 0.3) is 0 Å². The number of H-pyrrole nitrogens is 5. The number of carbonyl (C=O) groups excluding carboxylic acids is 13. The van der Waals surface area contributed by atoms with E-state index >= 15 is 24.0 Å². The number of carbonyl (C=O) groups is 13. The fourth-order valence-corrected chi connectivity index (χ4v) is 15.7. The lowest BCUT2D eigenvalue weighted by Gasteiger charge is -2.30. The highest BCUT2D eigenvalue weighted by Gasteiger charge is 2.40. The predicted octanol–water partition coefficient (Wildman–Crippen LogP) is 0.894. The number of fused-ring (bicyclic) bond motifs is 4. The summed E-state index contributed by atoms with van der Waals surface area (Å²) in [5.74, 6) is -12.3. The third-order valence-corrected chi connectivity index (χ3v) is 23.7. The van der Waals surface area contributed by atoms with E-state index in [2.05, 4.69) is 112 Å². The number of thioether (sulfide) groups is 2. The van der Waals surface area contributed by atoms with Crippen molar-refractivity contribution in [2.24, 2.45) is 29.0 Å². The van der Waals surface area contributed by atoms with Crippen LogP contribution in [0, 0.1) is 17.2 Å². The van der Waals surface area contributed by atoms with Crippen LogP contribution in [0.25, 0.3) is 43.6 Å². The minimum absolute atomic E-state index is 0.0266. The van der Waals surface area contributed by atoms with Crippen molar-refractivity contribution in [2.75, 3.05) is 49.5 Å². The van der Waals surface area contributed by atoms with Crippen molar-refractivity contribution in [3.8, 4) is 0 Å². The molecule has 9 aromatic rings. The molecule has 0 fully saturated rings. The summed E-state index contributed by atoms with van der Waals surface area (Å²) < 4.78 is 0. The van der Waals surface area contributed by atoms with Gasteiger partial charge in [-0.2, -0.15) is 36.2 Å². The van der Waals surface area contributed by atoms with Gasteiger partial charge in [0.05, 0.1) is 31.2 Å². The highest BCUT2D eigenvalue weighted by atomic mass is 32.2. The van der Waals surface area contributed by atoms with Crippen molar-refractivity contribution in [3.05, 3.63) is 162 Å². The number of guanidine groups is 1. The molecule has 0 radical (unpaired) electrons. The molecular weight excluding hydrogens is 1680 g/mol. The second kappa shape index (κ2) is 48.2. The molecule has 0 bridgehead atoms. The van der Waals surface area contributed by atoms with Gasteiger partial charge in [-0.05, 0) is 114 Å². The average molecular weight is 1790 g/mol. The molecule has 0 spiro atoms. The van der Waals surface area contributed by atoms with Crippen molar-refractivity contribution in [3.63, 3.8) is 0 Å². The van der Waals surface area contributed by atoms with Crippen LogP contribution in [0.5, 0.6) is 0 Å². The van der Waals surface area contributed by atoms with E-state index in [4.69, 9.17) is 22.6 Å². The van der Waals surface area contributed by atoms with Gasteiger partial charge in [0, 0.05) is 113 Å². The van der Waals surface area contributed by atoms with Crippen LogP contribution in [-0.4, -0.2) is 240 Å². The highest BCUT2D eigenvalue weighted by molar-refractivity contribution is 7.98. The molecule has 0 aliphatic carbocycles. The summed E-state index contributed by atoms with van der Waals surface area (Å²) in [6.45, 7) is 5.35. The zero-order valence-electron chi connectivity index (χ0n) is 71.0. The Kier molecular flexibility index (Phi) is 37.2. The first-order valence-corrected chi connectivity index (χ1v) is 45.1. The maximum absolute atomic E-state index is 15.4. The molecule has 37 nitrogen and oxygen atoms in total. The van der Waals surface area contributed by atoms with E-state index in [0.717, 1.165) is 27.4 Å². The van der Waals surface area contributed by atoms with Gasteiger partial charge in [0.15, 0.2) is 5.96 Å². The monoisotopic (exact) mass is 1790 g/mol. The highest BCUT2D eigenvalue weighted by Crippen LogP contribution is 2.25. The number of benzene rings is 4. The zero-order valence-corrected chi connectivity index (χ0v) is 73.5. The van der Waals surface area contributed by atoms with Crippen LogP contribution in [0.15, 0.2) is 134 Å². The lowest BCUT2D eigenvalue weighted by Crippen LogP contribution is -2.62. The van der Waals surface area contributed by atoms with Gasteiger partial charge in [-0.3, -0.25) is 67.7 Å². The molecule has 0 aliphatic heterocycles. The Morgan fingerprint density at radius 3 is 1.15 bits per heavy atom. The lowest BCUT2D eigenvalue weighted by molar-refractivity contribution is -0.137. The van der Waals surface area contributed by atoms with E-state index in [1.54, 1.807) is 95.3 Å². The number of hydrogen-bond donors (Lipinski definition) is 24. The summed E-state index contributed by atoms with van der Waals surface area (Å²) in [5, 5.41) is 57.2. The zero-order chi connectivity index (χ0) is 91.1. The standard InChI is InChI=1S/C86H115N23O14S3/c1-7-46(3)72(109-82(120)68(36-52-41-91-45-98-52)104-81(119)65(33-49-38-94-59-23-14-10-19-54(49)59)102-74(112)57(87)32-48-37-93-58-22-13-9-18-53(48)58)84(122)105-67(35-51-40-96-61-25-16-12-21-56(51)61)80(118)99-62(26-17-29-92-86(89)90)78(116)108-73(47(4)8-2)85(123)106-69(43-110)83(121)101-63(27-30-125-5)76(114)103-66(34-50-39-95-60-24-15-11-20-55(50)60)79(117)100-64(28-31-126-6)77(115)107-70(44-124)75(113)97-42-71(88)111/h9-16,18-25,37-41,45-47,57,62-70,72-73,93-96,110,124H,7-8,17,26-36,42-44,87H2,1-6H3,(H2,88,111)(H,91,98)(H,97,113)(H,99,118)(H,100,117)(H,101,121)(H,102,112)(H,103,114)(H,104,119)(H,105,122)(H,106,123)(H,107,115)(H,108,116)(H,109,120)(H4,89,90,92)/t46-,47-,57-,62-,63-,64-,65-,66-,67-,68-,69-,70-,72-,73-/m0/s1. The molecule has 0 aliphatic rings. The van der Waals surface area contributed by atoms with Gasteiger partial charge in [-0.15, -0.1) is 0 Å². The molecule has 0 unspecified atom stereocenters. The van der Waals surface area contributed by atoms with E-state index in [1.807, 2.05) is 66.7 Å².